The third kappa shape index (κ3) is 5.71. The van der Waals surface area contributed by atoms with Crippen molar-refractivity contribution in [2.45, 2.75) is 51.0 Å². The molecule has 0 N–H and O–H groups in total. The van der Waals surface area contributed by atoms with Crippen molar-refractivity contribution in [1.82, 2.24) is 4.57 Å². The second-order valence-corrected chi connectivity index (χ2v) is 7.17. The minimum atomic E-state index is 0.00977. The molecule has 6 nitrogen and oxygen atoms in total. The molecule has 1 heterocycles. The molecule has 0 aliphatic heterocycles. The summed E-state index contributed by atoms with van der Waals surface area (Å²) >= 11 is 0. The highest BCUT2D eigenvalue weighted by molar-refractivity contribution is 5.78. The standard InChI is InChI=1S/C23H27N3O3/c1-28-21-16-18(17-24)12-13-20(21)29-15-7-11-23(27)26-14-6-5-10-22(26)25-19-8-3-2-4-9-19/h5-6,10,12-14,16,19H,2-4,7-9,11,15H2,1H3. The lowest BCUT2D eigenvalue weighted by Crippen LogP contribution is -2.29. The quantitative estimate of drug-likeness (QED) is 0.664. The number of nitriles is 1. The zero-order chi connectivity index (χ0) is 20.5. The molecule has 29 heavy (non-hydrogen) atoms. The van der Waals surface area contributed by atoms with E-state index in [1.54, 1.807) is 29.0 Å². The van der Waals surface area contributed by atoms with Gasteiger partial charge in [-0.3, -0.25) is 14.4 Å². The molecule has 0 radical (unpaired) electrons. The first-order valence-electron chi connectivity index (χ1n) is 10.2. The summed E-state index contributed by atoms with van der Waals surface area (Å²) < 4.78 is 12.7. The van der Waals surface area contributed by atoms with Crippen molar-refractivity contribution in [2.24, 2.45) is 4.99 Å². The van der Waals surface area contributed by atoms with Crippen molar-refractivity contribution < 1.29 is 14.3 Å². The van der Waals surface area contributed by atoms with E-state index in [2.05, 4.69) is 6.07 Å². The summed E-state index contributed by atoms with van der Waals surface area (Å²) in [5.74, 6) is 1.09. The molecule has 0 unspecified atom stereocenters. The highest BCUT2D eigenvalue weighted by Gasteiger charge is 2.13. The van der Waals surface area contributed by atoms with Gasteiger partial charge in [0.2, 0.25) is 5.91 Å². The molecule has 0 saturated heterocycles. The van der Waals surface area contributed by atoms with Crippen LogP contribution in [0.2, 0.25) is 0 Å². The second-order valence-electron chi connectivity index (χ2n) is 7.17. The van der Waals surface area contributed by atoms with Gasteiger partial charge < -0.3 is 9.47 Å². The number of benzene rings is 1. The molecule has 1 aliphatic rings. The summed E-state index contributed by atoms with van der Waals surface area (Å²) in [6, 6.07) is 13.1. The Kier molecular flexibility index (Phi) is 7.46. The molecular formula is C23H27N3O3. The highest BCUT2D eigenvalue weighted by Crippen LogP contribution is 2.28. The Balaban J connectivity index is 1.58. The van der Waals surface area contributed by atoms with E-state index in [9.17, 15) is 4.79 Å². The van der Waals surface area contributed by atoms with Crippen LogP contribution in [0.15, 0.2) is 47.6 Å². The fourth-order valence-corrected chi connectivity index (χ4v) is 3.53. The number of carbonyl (C=O) groups is 1. The van der Waals surface area contributed by atoms with Gasteiger partial charge in [0.25, 0.3) is 0 Å². The van der Waals surface area contributed by atoms with Crippen molar-refractivity contribution in [1.29, 1.82) is 5.26 Å². The topological polar surface area (TPSA) is 76.6 Å². The number of pyridine rings is 1. The second kappa shape index (κ2) is 10.5. The molecule has 1 saturated carbocycles. The van der Waals surface area contributed by atoms with Crippen LogP contribution in [-0.4, -0.2) is 30.2 Å². The normalized spacial score (nSPS) is 15.0. The molecule has 0 spiro atoms. The minimum Gasteiger partial charge on any atom is -0.493 e. The van der Waals surface area contributed by atoms with Crippen LogP contribution in [0, 0.1) is 11.3 Å². The number of carbonyl (C=O) groups excluding carboxylic acids is 1. The summed E-state index contributed by atoms with van der Waals surface area (Å²) in [6.07, 6.45) is 8.63. The summed E-state index contributed by atoms with van der Waals surface area (Å²) in [4.78, 5) is 17.5. The van der Waals surface area contributed by atoms with Crippen LogP contribution in [0.3, 0.4) is 0 Å². The fourth-order valence-electron chi connectivity index (χ4n) is 3.53. The third-order valence-electron chi connectivity index (χ3n) is 5.08. The maximum atomic E-state index is 12.7. The van der Waals surface area contributed by atoms with Crippen molar-refractivity contribution in [3.05, 3.63) is 53.6 Å². The van der Waals surface area contributed by atoms with E-state index in [1.165, 1.54) is 26.4 Å². The molecule has 0 bridgehead atoms. The molecule has 1 aliphatic carbocycles. The summed E-state index contributed by atoms with van der Waals surface area (Å²) in [6.45, 7) is 0.385. The predicted molar refractivity (Wildman–Crippen MR) is 110 cm³/mol. The summed E-state index contributed by atoms with van der Waals surface area (Å²) in [5.41, 5.74) is 1.25. The Morgan fingerprint density at radius 2 is 2.03 bits per heavy atom. The zero-order valence-corrected chi connectivity index (χ0v) is 16.8. The van der Waals surface area contributed by atoms with Crippen LogP contribution in [-0.2, 0) is 0 Å². The van der Waals surface area contributed by atoms with Crippen molar-refractivity contribution in [3.63, 3.8) is 0 Å². The largest absolute Gasteiger partial charge is 0.493 e. The number of hydrogen-bond acceptors (Lipinski definition) is 5. The zero-order valence-electron chi connectivity index (χ0n) is 16.8. The average Bonchev–Trinajstić information content (AvgIpc) is 2.77. The predicted octanol–water partition coefficient (Wildman–Crippen LogP) is 4.10. The van der Waals surface area contributed by atoms with Crippen LogP contribution >= 0.6 is 0 Å². The van der Waals surface area contributed by atoms with Crippen molar-refractivity contribution in [3.8, 4) is 17.6 Å². The number of nitrogens with zero attached hydrogens (tertiary/aromatic N) is 3. The van der Waals surface area contributed by atoms with Gasteiger partial charge in [-0.1, -0.05) is 25.3 Å². The fraction of sp³-hybridized carbons (Fsp3) is 0.435. The third-order valence-corrected chi connectivity index (χ3v) is 5.08. The minimum absolute atomic E-state index is 0.00977. The lowest BCUT2D eigenvalue weighted by Gasteiger charge is -2.17. The van der Waals surface area contributed by atoms with E-state index in [0.29, 0.717) is 42.6 Å². The SMILES string of the molecule is COc1cc(C#N)ccc1OCCCC(=O)n1ccccc1=NC1CCCCC1. The smallest absolute Gasteiger partial charge is 0.232 e. The van der Waals surface area contributed by atoms with Crippen LogP contribution in [0.1, 0.15) is 55.3 Å². The number of hydrogen-bond donors (Lipinski definition) is 0. The lowest BCUT2D eigenvalue weighted by atomic mass is 9.96. The molecule has 0 amide bonds. The molecule has 1 fully saturated rings. The van der Waals surface area contributed by atoms with E-state index in [1.807, 2.05) is 18.2 Å². The monoisotopic (exact) mass is 393 g/mol. The number of ether oxygens (including phenoxy) is 2. The lowest BCUT2D eigenvalue weighted by molar-refractivity contribution is 0.0887. The molecule has 2 aromatic rings. The van der Waals surface area contributed by atoms with Gasteiger partial charge in [-0.05, 0) is 43.5 Å². The molecular weight excluding hydrogens is 366 g/mol. The van der Waals surface area contributed by atoms with Crippen LogP contribution in [0.4, 0.5) is 0 Å². The Labute approximate surface area is 171 Å². The van der Waals surface area contributed by atoms with Gasteiger partial charge in [0, 0.05) is 18.7 Å². The number of aromatic nitrogens is 1. The van der Waals surface area contributed by atoms with Crippen LogP contribution in [0.5, 0.6) is 11.5 Å². The average molecular weight is 393 g/mol. The van der Waals surface area contributed by atoms with Gasteiger partial charge in [0.05, 0.1) is 31.4 Å². The molecule has 3 rings (SSSR count). The van der Waals surface area contributed by atoms with Crippen LogP contribution in [0.25, 0.3) is 0 Å². The number of methoxy groups -OCH3 is 1. The molecule has 6 heteroatoms. The van der Waals surface area contributed by atoms with Gasteiger partial charge >= 0.3 is 0 Å². The van der Waals surface area contributed by atoms with Gasteiger partial charge in [0.15, 0.2) is 11.5 Å². The highest BCUT2D eigenvalue weighted by atomic mass is 16.5. The Hall–Kier alpha value is -3.07. The van der Waals surface area contributed by atoms with Gasteiger partial charge in [-0.15, -0.1) is 0 Å². The number of rotatable bonds is 7. The Morgan fingerprint density at radius 1 is 1.21 bits per heavy atom. The molecule has 1 aromatic carbocycles. The maximum absolute atomic E-state index is 12.7. The van der Waals surface area contributed by atoms with E-state index in [0.717, 1.165) is 18.3 Å². The first-order chi connectivity index (χ1) is 14.2. The summed E-state index contributed by atoms with van der Waals surface area (Å²) in [7, 11) is 1.54. The Morgan fingerprint density at radius 3 is 2.79 bits per heavy atom. The van der Waals surface area contributed by atoms with Crippen molar-refractivity contribution in [2.75, 3.05) is 13.7 Å². The first-order valence-corrected chi connectivity index (χ1v) is 10.2. The van der Waals surface area contributed by atoms with Crippen molar-refractivity contribution >= 4 is 5.91 Å². The van der Waals surface area contributed by atoms with Gasteiger partial charge in [-0.25, -0.2) is 0 Å². The van der Waals surface area contributed by atoms with E-state index in [-0.39, 0.29) is 5.91 Å². The van der Waals surface area contributed by atoms with Crippen LogP contribution < -0.4 is 15.0 Å². The van der Waals surface area contributed by atoms with E-state index in [4.69, 9.17) is 19.7 Å². The first kappa shape index (κ1) is 20.7. The van der Waals surface area contributed by atoms with E-state index >= 15 is 0 Å². The van der Waals surface area contributed by atoms with Gasteiger partial charge in [-0.2, -0.15) is 5.26 Å². The summed E-state index contributed by atoms with van der Waals surface area (Å²) in [5, 5.41) is 8.96. The molecule has 1 aromatic heterocycles. The van der Waals surface area contributed by atoms with E-state index < -0.39 is 0 Å². The maximum Gasteiger partial charge on any atom is 0.232 e. The molecule has 152 valence electrons. The van der Waals surface area contributed by atoms with Gasteiger partial charge in [0.1, 0.15) is 5.49 Å². The Bertz CT molecular complexity index is 937. The molecule has 0 atom stereocenters.